The molecule has 2 N–H and O–H groups in total. The number of nitrogens with zero attached hydrogens (tertiary/aromatic N) is 3. The van der Waals surface area contributed by atoms with Crippen LogP contribution in [0.3, 0.4) is 0 Å². The summed E-state index contributed by atoms with van der Waals surface area (Å²) in [6, 6.07) is 0. The molecular weight excluding hydrogens is 206 g/mol. The second kappa shape index (κ2) is 3.62. The zero-order chi connectivity index (χ0) is 10.8. The van der Waals surface area contributed by atoms with Crippen LogP contribution in [0, 0.1) is 0 Å². The highest BCUT2D eigenvalue weighted by atomic mass is 32.2. The molecule has 0 aliphatic rings. The van der Waals surface area contributed by atoms with Gasteiger partial charge in [-0.2, -0.15) is 5.21 Å². The normalized spacial score (nSPS) is 13.1. The molecule has 0 aliphatic heterocycles. The van der Waals surface area contributed by atoms with Crippen molar-refractivity contribution in [2.45, 2.75) is 32.1 Å². The fraction of sp³-hybridized carbons (Fsp3) is 0.833. The molecule has 1 heterocycles. The number of aromatic nitrogens is 4. The van der Waals surface area contributed by atoms with Crippen LogP contribution in [-0.2, 0) is 16.6 Å². The summed E-state index contributed by atoms with van der Waals surface area (Å²) in [6.45, 7) is 4.90. The molecule has 14 heavy (non-hydrogen) atoms. The van der Waals surface area contributed by atoms with E-state index in [1.165, 1.54) is 0 Å². The van der Waals surface area contributed by atoms with Gasteiger partial charge in [-0.05, 0) is 20.8 Å². The lowest BCUT2D eigenvalue weighted by Gasteiger charge is -2.18. The number of hydrogen-bond acceptors (Lipinski definition) is 5. The molecule has 0 bridgehead atoms. The van der Waals surface area contributed by atoms with Gasteiger partial charge in [0.25, 0.3) is 0 Å². The van der Waals surface area contributed by atoms with E-state index in [0.29, 0.717) is 5.82 Å². The third-order valence-electron chi connectivity index (χ3n) is 1.62. The van der Waals surface area contributed by atoms with Crippen LogP contribution in [0.15, 0.2) is 0 Å². The summed E-state index contributed by atoms with van der Waals surface area (Å²) in [4.78, 5) is 0. The summed E-state index contributed by atoms with van der Waals surface area (Å²) < 4.78 is 24.7. The van der Waals surface area contributed by atoms with Crippen LogP contribution in [0.25, 0.3) is 0 Å². The predicted octanol–water partition coefficient (Wildman–Crippen LogP) is -0.582. The summed E-state index contributed by atoms with van der Waals surface area (Å²) in [6.07, 6.45) is 0. The van der Waals surface area contributed by atoms with Gasteiger partial charge in [-0.15, -0.1) is 10.2 Å². The summed E-state index contributed by atoms with van der Waals surface area (Å²) in [5.41, 5.74) is 0. The number of aromatic amines is 1. The van der Waals surface area contributed by atoms with Crippen LogP contribution in [0.5, 0.6) is 0 Å². The lowest BCUT2D eigenvalue weighted by Crippen LogP contribution is -2.39. The molecule has 0 aliphatic carbocycles. The van der Waals surface area contributed by atoms with Gasteiger partial charge >= 0.3 is 0 Å². The maximum absolute atomic E-state index is 11.5. The molecule has 0 spiro atoms. The molecule has 7 nitrogen and oxygen atoms in total. The number of tetrazole rings is 1. The second-order valence-electron chi connectivity index (χ2n) is 3.76. The summed E-state index contributed by atoms with van der Waals surface area (Å²) in [7, 11) is -3.35. The van der Waals surface area contributed by atoms with Gasteiger partial charge in [0.2, 0.25) is 10.0 Å². The van der Waals surface area contributed by atoms with Crippen molar-refractivity contribution in [3.63, 3.8) is 0 Å². The molecule has 0 amide bonds. The van der Waals surface area contributed by atoms with Gasteiger partial charge in [0.15, 0.2) is 5.82 Å². The van der Waals surface area contributed by atoms with Crippen molar-refractivity contribution in [1.82, 2.24) is 25.3 Å². The Labute approximate surface area is 82.3 Å². The molecule has 8 heteroatoms. The SMILES string of the molecule is CC(C)(C)S(=O)(=O)NCc1nn[nH]n1. The molecule has 0 radical (unpaired) electrons. The number of nitrogens with one attached hydrogen (secondary N) is 2. The quantitative estimate of drug-likeness (QED) is 0.708. The van der Waals surface area contributed by atoms with Crippen LogP contribution < -0.4 is 4.72 Å². The Morgan fingerprint density at radius 2 is 2.07 bits per heavy atom. The largest absolute Gasteiger partial charge is 0.216 e. The van der Waals surface area contributed by atoms with Crippen molar-refractivity contribution in [3.05, 3.63) is 5.82 Å². The monoisotopic (exact) mass is 219 g/mol. The molecule has 0 saturated carbocycles. The average molecular weight is 219 g/mol. The number of H-pyrrole nitrogens is 1. The first kappa shape index (κ1) is 11.1. The Morgan fingerprint density at radius 1 is 1.43 bits per heavy atom. The fourth-order valence-electron chi connectivity index (χ4n) is 0.633. The maximum Gasteiger partial charge on any atom is 0.216 e. The lowest BCUT2D eigenvalue weighted by molar-refractivity contribution is 0.543. The summed E-state index contributed by atoms with van der Waals surface area (Å²) in [5.74, 6) is 0.317. The minimum absolute atomic E-state index is 0.0517. The van der Waals surface area contributed by atoms with Gasteiger partial charge in [-0.3, -0.25) is 0 Å². The molecular formula is C6H13N5O2S. The highest BCUT2D eigenvalue weighted by molar-refractivity contribution is 7.90. The number of rotatable bonds is 3. The Hall–Kier alpha value is -1.02. The lowest BCUT2D eigenvalue weighted by atomic mass is 10.3. The zero-order valence-electron chi connectivity index (χ0n) is 8.27. The van der Waals surface area contributed by atoms with Crippen LogP contribution in [0.1, 0.15) is 26.6 Å². The van der Waals surface area contributed by atoms with E-state index in [-0.39, 0.29) is 6.54 Å². The second-order valence-corrected chi connectivity index (χ2v) is 6.29. The first-order valence-corrected chi connectivity index (χ1v) is 5.53. The summed E-state index contributed by atoms with van der Waals surface area (Å²) in [5, 5.41) is 12.8. The van der Waals surface area contributed by atoms with Crippen LogP contribution in [0.4, 0.5) is 0 Å². The van der Waals surface area contributed by atoms with Crippen molar-refractivity contribution in [3.8, 4) is 0 Å². The van der Waals surface area contributed by atoms with Crippen molar-refractivity contribution in [1.29, 1.82) is 0 Å². The first-order valence-electron chi connectivity index (χ1n) is 4.04. The van der Waals surface area contributed by atoms with Crippen molar-refractivity contribution in [2.24, 2.45) is 0 Å². The Morgan fingerprint density at radius 3 is 2.50 bits per heavy atom. The molecule has 80 valence electrons. The minimum Gasteiger partial charge on any atom is -0.212 e. The zero-order valence-corrected chi connectivity index (χ0v) is 9.09. The number of sulfonamides is 1. The van der Waals surface area contributed by atoms with E-state index in [1.807, 2.05) is 0 Å². The van der Waals surface area contributed by atoms with Crippen molar-refractivity contribution in [2.75, 3.05) is 0 Å². The highest BCUT2D eigenvalue weighted by Crippen LogP contribution is 2.12. The Balaban J connectivity index is 2.63. The number of hydrogen-bond donors (Lipinski definition) is 2. The van der Waals surface area contributed by atoms with E-state index in [1.54, 1.807) is 20.8 Å². The van der Waals surface area contributed by atoms with E-state index in [4.69, 9.17) is 0 Å². The molecule has 1 rings (SSSR count). The standard InChI is InChI=1S/C6H13N5O2S/c1-6(2,3)14(12,13)7-4-5-8-10-11-9-5/h7H,4H2,1-3H3,(H,8,9,10,11). The third-order valence-corrected chi connectivity index (χ3v) is 3.75. The average Bonchev–Trinajstić information content (AvgIpc) is 2.50. The van der Waals surface area contributed by atoms with Crippen LogP contribution >= 0.6 is 0 Å². The first-order chi connectivity index (χ1) is 6.33. The van der Waals surface area contributed by atoms with Gasteiger partial charge < -0.3 is 0 Å². The van der Waals surface area contributed by atoms with Gasteiger partial charge in [-0.25, -0.2) is 13.1 Å². The van der Waals surface area contributed by atoms with Crippen LogP contribution in [0.2, 0.25) is 0 Å². The highest BCUT2D eigenvalue weighted by Gasteiger charge is 2.28. The molecule has 0 atom stereocenters. The van der Waals surface area contributed by atoms with Crippen molar-refractivity contribution < 1.29 is 8.42 Å². The molecule has 1 aromatic heterocycles. The van der Waals surface area contributed by atoms with E-state index >= 15 is 0 Å². The molecule has 0 saturated heterocycles. The Kier molecular flexibility index (Phi) is 2.86. The van der Waals surface area contributed by atoms with Gasteiger partial charge in [0.05, 0.1) is 11.3 Å². The minimum atomic E-state index is -3.35. The van der Waals surface area contributed by atoms with Crippen LogP contribution in [-0.4, -0.2) is 33.8 Å². The molecule has 1 aromatic rings. The van der Waals surface area contributed by atoms with Crippen molar-refractivity contribution >= 4 is 10.0 Å². The predicted molar refractivity (Wildman–Crippen MR) is 49.7 cm³/mol. The van der Waals surface area contributed by atoms with E-state index < -0.39 is 14.8 Å². The molecule has 0 aromatic carbocycles. The van der Waals surface area contributed by atoms with Gasteiger partial charge in [0.1, 0.15) is 0 Å². The topological polar surface area (TPSA) is 101 Å². The fourth-order valence-corrected chi connectivity index (χ4v) is 1.39. The van der Waals surface area contributed by atoms with E-state index in [9.17, 15) is 8.42 Å². The molecule has 0 fully saturated rings. The smallest absolute Gasteiger partial charge is 0.212 e. The third kappa shape index (κ3) is 2.48. The van der Waals surface area contributed by atoms with Gasteiger partial charge in [-0.1, -0.05) is 5.21 Å². The Bertz CT molecular complexity index is 377. The van der Waals surface area contributed by atoms with E-state index in [0.717, 1.165) is 0 Å². The van der Waals surface area contributed by atoms with Gasteiger partial charge in [0, 0.05) is 0 Å². The summed E-state index contributed by atoms with van der Waals surface area (Å²) >= 11 is 0. The van der Waals surface area contributed by atoms with E-state index in [2.05, 4.69) is 25.3 Å². The molecule has 0 unspecified atom stereocenters. The maximum atomic E-state index is 11.5.